The first kappa shape index (κ1) is 17.6. The minimum Gasteiger partial charge on any atom is -0.279 e. The molecular weight excluding hydrogens is 374 g/mol. The molecule has 2 aromatic carbocycles. The van der Waals surface area contributed by atoms with Crippen LogP contribution in [0.4, 0.5) is 20.2 Å². The van der Waals surface area contributed by atoms with Gasteiger partial charge in [-0.05, 0) is 36.8 Å². The highest BCUT2D eigenvalue weighted by Gasteiger charge is 2.29. The van der Waals surface area contributed by atoms with Crippen molar-refractivity contribution in [2.75, 3.05) is 21.8 Å². The molecule has 1 heterocycles. The van der Waals surface area contributed by atoms with Crippen LogP contribution in [0.1, 0.15) is 5.56 Å². The van der Waals surface area contributed by atoms with Gasteiger partial charge in [-0.25, -0.2) is 25.6 Å². The largest absolute Gasteiger partial charge is 0.279 e. The van der Waals surface area contributed by atoms with Crippen molar-refractivity contribution in [2.45, 2.75) is 11.3 Å². The van der Waals surface area contributed by atoms with Gasteiger partial charge in [0.1, 0.15) is 16.5 Å². The normalized spacial score (nSPS) is 14.4. The second kappa shape index (κ2) is 5.95. The summed E-state index contributed by atoms with van der Waals surface area (Å²) in [6.07, 6.45) is 1.35. The Balaban J connectivity index is 2.03. The number of hydrogen-bond donors (Lipinski definition) is 1. The smallest absolute Gasteiger partial charge is 0.264 e. The van der Waals surface area contributed by atoms with Gasteiger partial charge in [-0.1, -0.05) is 6.07 Å². The Bertz CT molecular complexity index is 1050. The minimum atomic E-state index is -4.37. The molecule has 1 N–H and O–H groups in total. The lowest BCUT2D eigenvalue weighted by Gasteiger charge is -2.17. The summed E-state index contributed by atoms with van der Waals surface area (Å²) in [6, 6.07) is 6.62. The maximum absolute atomic E-state index is 13.8. The lowest BCUT2D eigenvalue weighted by molar-refractivity contribution is 0.555. The first-order valence-corrected chi connectivity index (χ1v) is 10.5. The number of nitrogens with zero attached hydrogens (tertiary/aromatic N) is 1. The zero-order valence-electron chi connectivity index (χ0n) is 13.0. The maximum Gasteiger partial charge on any atom is 0.264 e. The van der Waals surface area contributed by atoms with E-state index < -0.39 is 36.6 Å². The number of anilines is 2. The molecule has 0 aliphatic carbocycles. The molecule has 0 amide bonds. The van der Waals surface area contributed by atoms with Crippen molar-refractivity contribution in [3.63, 3.8) is 0 Å². The highest BCUT2D eigenvalue weighted by atomic mass is 32.2. The average Bonchev–Trinajstić information content (AvgIpc) is 2.94. The summed E-state index contributed by atoms with van der Waals surface area (Å²) >= 11 is 0. The third-order valence-electron chi connectivity index (χ3n) is 3.81. The number of fused-ring (bicyclic) bond motifs is 1. The van der Waals surface area contributed by atoms with Gasteiger partial charge < -0.3 is 0 Å². The molecule has 0 saturated carbocycles. The first-order valence-electron chi connectivity index (χ1n) is 7.17. The first-order chi connectivity index (χ1) is 11.6. The van der Waals surface area contributed by atoms with Crippen molar-refractivity contribution < 1.29 is 25.6 Å². The Kier molecular flexibility index (Phi) is 4.20. The third-order valence-corrected chi connectivity index (χ3v) is 6.37. The molecule has 0 radical (unpaired) electrons. The van der Waals surface area contributed by atoms with Crippen molar-refractivity contribution >= 4 is 31.4 Å². The molecule has 134 valence electrons. The van der Waals surface area contributed by atoms with Crippen molar-refractivity contribution in [2.24, 2.45) is 0 Å². The summed E-state index contributed by atoms with van der Waals surface area (Å²) in [5.41, 5.74) is 0.975. The highest BCUT2D eigenvalue weighted by molar-refractivity contribution is 7.92. The monoisotopic (exact) mass is 388 g/mol. The van der Waals surface area contributed by atoms with E-state index in [1.807, 2.05) is 0 Å². The second-order valence-electron chi connectivity index (χ2n) is 5.57. The number of nitrogens with one attached hydrogen (secondary N) is 1. The minimum absolute atomic E-state index is 0.132. The Labute approximate surface area is 144 Å². The molecule has 25 heavy (non-hydrogen) atoms. The van der Waals surface area contributed by atoms with E-state index in [2.05, 4.69) is 4.72 Å². The number of rotatable bonds is 4. The van der Waals surface area contributed by atoms with Gasteiger partial charge in [-0.15, -0.1) is 0 Å². The van der Waals surface area contributed by atoms with Crippen LogP contribution < -0.4 is 9.03 Å². The third kappa shape index (κ3) is 3.31. The van der Waals surface area contributed by atoms with Gasteiger partial charge in [0.25, 0.3) is 10.0 Å². The van der Waals surface area contributed by atoms with E-state index in [1.54, 1.807) is 6.07 Å². The average molecular weight is 388 g/mol. The molecule has 0 atom stereocenters. The van der Waals surface area contributed by atoms with Gasteiger partial charge in [0, 0.05) is 12.1 Å². The number of halogens is 2. The van der Waals surface area contributed by atoms with Gasteiger partial charge in [0.15, 0.2) is 0 Å². The quantitative estimate of drug-likeness (QED) is 0.869. The molecule has 0 spiro atoms. The Morgan fingerprint density at radius 3 is 2.48 bits per heavy atom. The number of sulfonamides is 2. The summed E-state index contributed by atoms with van der Waals surface area (Å²) in [7, 11) is -7.87. The van der Waals surface area contributed by atoms with E-state index in [0.29, 0.717) is 23.7 Å². The summed E-state index contributed by atoms with van der Waals surface area (Å²) in [5, 5.41) is 0. The highest BCUT2D eigenvalue weighted by Crippen LogP contribution is 2.36. The molecule has 0 unspecified atom stereocenters. The van der Waals surface area contributed by atoms with Crippen LogP contribution in [0.3, 0.4) is 0 Å². The van der Waals surface area contributed by atoms with Crippen molar-refractivity contribution in [3.8, 4) is 0 Å². The van der Waals surface area contributed by atoms with E-state index >= 15 is 0 Å². The summed E-state index contributed by atoms with van der Waals surface area (Å²) in [6.45, 7) is 0.182. The van der Waals surface area contributed by atoms with Crippen LogP contribution in [0.15, 0.2) is 41.3 Å². The topological polar surface area (TPSA) is 83.6 Å². The van der Waals surface area contributed by atoms with Crippen LogP contribution in [-0.4, -0.2) is 29.6 Å². The molecule has 1 aliphatic heterocycles. The molecule has 0 aromatic heterocycles. The summed E-state index contributed by atoms with van der Waals surface area (Å²) in [5.74, 6) is -1.97. The SMILES string of the molecule is CS(=O)(=O)N1CCc2c(NS(=O)(=O)c3cc(F)ccc3F)cccc21. The molecule has 2 aromatic rings. The van der Waals surface area contributed by atoms with Gasteiger partial charge >= 0.3 is 0 Å². The summed E-state index contributed by atoms with van der Waals surface area (Å²) < 4.78 is 78.9. The van der Waals surface area contributed by atoms with E-state index in [0.717, 1.165) is 18.4 Å². The molecular formula is C15H14F2N2O4S2. The number of hydrogen-bond acceptors (Lipinski definition) is 4. The van der Waals surface area contributed by atoms with Crippen LogP contribution in [0.5, 0.6) is 0 Å². The maximum atomic E-state index is 13.8. The van der Waals surface area contributed by atoms with Crippen LogP contribution in [0.2, 0.25) is 0 Å². The second-order valence-corrected chi connectivity index (χ2v) is 9.13. The fourth-order valence-electron chi connectivity index (χ4n) is 2.73. The van der Waals surface area contributed by atoms with Crippen molar-refractivity contribution in [3.05, 3.63) is 53.6 Å². The molecule has 0 fully saturated rings. The molecule has 10 heteroatoms. The van der Waals surface area contributed by atoms with E-state index in [4.69, 9.17) is 0 Å². The van der Waals surface area contributed by atoms with Crippen LogP contribution in [0.25, 0.3) is 0 Å². The fraction of sp³-hybridized carbons (Fsp3) is 0.200. The lowest BCUT2D eigenvalue weighted by Crippen LogP contribution is -2.27. The molecule has 3 rings (SSSR count). The van der Waals surface area contributed by atoms with Crippen LogP contribution in [-0.2, 0) is 26.5 Å². The van der Waals surface area contributed by atoms with Crippen molar-refractivity contribution in [1.82, 2.24) is 0 Å². The molecule has 6 nitrogen and oxygen atoms in total. The van der Waals surface area contributed by atoms with E-state index in [1.165, 1.54) is 16.4 Å². The van der Waals surface area contributed by atoms with Gasteiger partial charge in [-0.2, -0.15) is 0 Å². The van der Waals surface area contributed by atoms with Crippen LogP contribution in [0, 0.1) is 11.6 Å². The number of benzene rings is 2. The fourth-order valence-corrected chi connectivity index (χ4v) is 4.86. The predicted molar refractivity (Wildman–Crippen MR) is 89.5 cm³/mol. The molecule has 0 bridgehead atoms. The zero-order chi connectivity index (χ0) is 18.4. The van der Waals surface area contributed by atoms with Crippen molar-refractivity contribution in [1.29, 1.82) is 0 Å². The summed E-state index contributed by atoms with van der Waals surface area (Å²) in [4.78, 5) is -0.817. The standard InChI is InChI=1S/C15H14F2N2O4S2/c1-24(20,21)19-8-7-11-13(3-2-4-14(11)19)18-25(22,23)15-9-10(16)5-6-12(15)17/h2-6,9,18H,7-8H2,1H3. The zero-order valence-corrected chi connectivity index (χ0v) is 14.7. The lowest BCUT2D eigenvalue weighted by atomic mass is 10.1. The van der Waals surface area contributed by atoms with Gasteiger partial charge in [0.05, 0.1) is 17.6 Å². The molecule has 1 aliphatic rings. The van der Waals surface area contributed by atoms with E-state index in [9.17, 15) is 25.6 Å². The Morgan fingerprint density at radius 1 is 1.08 bits per heavy atom. The predicted octanol–water partition coefficient (Wildman–Crippen LogP) is 2.09. The van der Waals surface area contributed by atoms with Crippen LogP contribution >= 0.6 is 0 Å². The Hall–Kier alpha value is -2.20. The Morgan fingerprint density at radius 2 is 1.80 bits per heavy atom. The van der Waals surface area contributed by atoms with Gasteiger partial charge in [0.2, 0.25) is 10.0 Å². The van der Waals surface area contributed by atoms with Gasteiger partial charge in [-0.3, -0.25) is 9.03 Å². The molecule has 0 saturated heterocycles. The van der Waals surface area contributed by atoms with E-state index in [-0.39, 0.29) is 12.2 Å².